The van der Waals surface area contributed by atoms with Crippen LogP contribution in [0.1, 0.15) is 0 Å². The van der Waals surface area contributed by atoms with Gasteiger partial charge in [-0.15, -0.1) is 0 Å². The Morgan fingerprint density at radius 2 is 2.17 bits per heavy atom. The number of halogens is 1. The number of benzene rings is 1. The molecule has 18 heavy (non-hydrogen) atoms. The molecule has 2 aromatic rings. The van der Waals surface area contributed by atoms with Gasteiger partial charge in [0.25, 0.3) is 0 Å². The molecule has 0 saturated heterocycles. The molecular formula is C11H8ClN3O3. The van der Waals surface area contributed by atoms with Crippen LogP contribution in [0.3, 0.4) is 0 Å². The van der Waals surface area contributed by atoms with Crippen LogP contribution in [-0.2, 0) is 22.7 Å². The first-order chi connectivity index (χ1) is 8.63. The van der Waals surface area contributed by atoms with Crippen LogP contribution in [0.4, 0.5) is 5.69 Å². The fraction of sp³-hybridized carbons (Fsp3) is 0.182. The quantitative estimate of drug-likeness (QED) is 0.809. The minimum atomic E-state index is -0.379. The summed E-state index contributed by atoms with van der Waals surface area (Å²) in [6.07, 6.45) is 0.645. The number of hydrogen-bond donors (Lipinski definition) is 1. The molecular weight excluding hydrogens is 258 g/mol. The number of carbonyl (C=O) groups excluding carboxylic acids is 2. The lowest BCUT2D eigenvalue weighted by Gasteiger charge is -2.15. The number of nitrogens with one attached hydrogen (secondary N) is 1. The van der Waals surface area contributed by atoms with Crippen molar-refractivity contribution in [3.8, 4) is 0 Å². The second kappa shape index (κ2) is 3.71. The van der Waals surface area contributed by atoms with Gasteiger partial charge in [-0.1, -0.05) is 11.6 Å². The molecule has 0 atom stereocenters. The van der Waals surface area contributed by atoms with E-state index in [0.29, 0.717) is 28.0 Å². The molecule has 1 aromatic carbocycles. The molecule has 1 aliphatic rings. The zero-order chi connectivity index (χ0) is 12.9. The standard InChI is InChI=1S/C11H8ClN3O3/c12-6-1-2-7-10-9(6)13-8(17)5-15(10)11(18)14(7)3-4-16/h1-2,4H,3,5H2,(H,13,17). The van der Waals surface area contributed by atoms with Crippen LogP contribution in [-0.4, -0.2) is 21.3 Å². The van der Waals surface area contributed by atoms with Gasteiger partial charge in [-0.3, -0.25) is 13.9 Å². The molecule has 7 heteroatoms. The van der Waals surface area contributed by atoms with Crippen molar-refractivity contribution in [3.63, 3.8) is 0 Å². The van der Waals surface area contributed by atoms with E-state index >= 15 is 0 Å². The van der Waals surface area contributed by atoms with Crippen molar-refractivity contribution < 1.29 is 9.59 Å². The Labute approximate surface area is 106 Å². The number of amides is 1. The highest BCUT2D eigenvalue weighted by Crippen LogP contribution is 2.32. The van der Waals surface area contributed by atoms with E-state index in [1.165, 1.54) is 9.13 Å². The monoisotopic (exact) mass is 265 g/mol. The normalized spacial score (nSPS) is 13.7. The molecule has 0 bridgehead atoms. The number of carbonyl (C=O) groups is 2. The van der Waals surface area contributed by atoms with Crippen molar-refractivity contribution in [1.29, 1.82) is 0 Å². The molecule has 0 saturated carbocycles. The smallest absolute Gasteiger partial charge is 0.321 e. The third-order valence-corrected chi connectivity index (χ3v) is 3.27. The van der Waals surface area contributed by atoms with Crippen molar-refractivity contribution in [3.05, 3.63) is 27.6 Å². The molecule has 0 spiro atoms. The van der Waals surface area contributed by atoms with E-state index in [9.17, 15) is 14.4 Å². The van der Waals surface area contributed by atoms with Crippen LogP contribution in [0.2, 0.25) is 5.02 Å². The summed E-state index contributed by atoms with van der Waals surface area (Å²) >= 11 is 6.00. The Kier molecular flexibility index (Phi) is 2.27. The van der Waals surface area contributed by atoms with Gasteiger partial charge in [-0.05, 0) is 12.1 Å². The topological polar surface area (TPSA) is 73.1 Å². The molecule has 0 fully saturated rings. The molecule has 1 amide bonds. The Balaban J connectivity index is 2.48. The average Bonchev–Trinajstić information content (AvgIpc) is 2.60. The summed E-state index contributed by atoms with van der Waals surface area (Å²) in [5.74, 6) is -0.303. The maximum atomic E-state index is 12.1. The van der Waals surface area contributed by atoms with Gasteiger partial charge in [0.1, 0.15) is 12.8 Å². The summed E-state index contributed by atoms with van der Waals surface area (Å²) in [7, 11) is 0. The molecule has 1 N–H and O–H groups in total. The molecule has 0 aliphatic carbocycles. The zero-order valence-corrected chi connectivity index (χ0v) is 9.90. The first-order valence-electron chi connectivity index (χ1n) is 5.28. The second-order valence-electron chi connectivity index (χ2n) is 3.98. The van der Waals surface area contributed by atoms with Crippen LogP contribution < -0.4 is 11.0 Å². The number of aromatic nitrogens is 2. The van der Waals surface area contributed by atoms with E-state index in [2.05, 4.69) is 5.32 Å². The van der Waals surface area contributed by atoms with Gasteiger partial charge in [-0.25, -0.2) is 4.79 Å². The van der Waals surface area contributed by atoms with Gasteiger partial charge < -0.3 is 10.1 Å². The number of imidazole rings is 1. The summed E-state index contributed by atoms with van der Waals surface area (Å²) in [6, 6.07) is 3.26. The Morgan fingerprint density at radius 1 is 1.39 bits per heavy atom. The lowest BCUT2D eigenvalue weighted by atomic mass is 10.2. The fourth-order valence-corrected chi connectivity index (χ4v) is 2.43. The van der Waals surface area contributed by atoms with Crippen molar-refractivity contribution in [1.82, 2.24) is 9.13 Å². The second-order valence-corrected chi connectivity index (χ2v) is 4.39. The number of nitrogens with zero attached hydrogens (tertiary/aromatic N) is 2. The van der Waals surface area contributed by atoms with Crippen LogP contribution >= 0.6 is 11.6 Å². The van der Waals surface area contributed by atoms with E-state index in [1.807, 2.05) is 0 Å². The summed E-state index contributed by atoms with van der Waals surface area (Å²) in [4.78, 5) is 34.2. The van der Waals surface area contributed by atoms with Crippen molar-refractivity contribution in [2.24, 2.45) is 0 Å². The average molecular weight is 266 g/mol. The predicted molar refractivity (Wildman–Crippen MR) is 65.9 cm³/mol. The number of anilines is 1. The van der Waals surface area contributed by atoms with E-state index in [4.69, 9.17) is 11.6 Å². The van der Waals surface area contributed by atoms with Crippen LogP contribution in [0.15, 0.2) is 16.9 Å². The maximum absolute atomic E-state index is 12.1. The van der Waals surface area contributed by atoms with Crippen LogP contribution in [0.5, 0.6) is 0 Å². The van der Waals surface area contributed by atoms with E-state index in [1.54, 1.807) is 12.1 Å². The number of aldehydes is 1. The summed E-state index contributed by atoms with van der Waals surface area (Å²) in [6.45, 7) is -0.105. The highest BCUT2D eigenvalue weighted by molar-refractivity contribution is 6.35. The van der Waals surface area contributed by atoms with Gasteiger partial charge >= 0.3 is 5.69 Å². The maximum Gasteiger partial charge on any atom is 0.330 e. The minimum Gasteiger partial charge on any atom is -0.321 e. The SMILES string of the molecule is O=CCn1c(=O)n2c3c(c(Cl)ccc31)NC(=O)C2. The predicted octanol–water partition coefficient (Wildman–Crippen LogP) is 0.607. The highest BCUT2D eigenvalue weighted by atomic mass is 35.5. The number of hydrogen-bond acceptors (Lipinski definition) is 3. The first kappa shape index (κ1) is 11.0. The number of rotatable bonds is 2. The third kappa shape index (κ3) is 1.32. The van der Waals surface area contributed by atoms with Gasteiger partial charge in [-0.2, -0.15) is 0 Å². The molecule has 6 nitrogen and oxygen atoms in total. The molecule has 1 aliphatic heterocycles. The molecule has 2 heterocycles. The van der Waals surface area contributed by atoms with Gasteiger partial charge in [0.15, 0.2) is 0 Å². The summed E-state index contributed by atoms with van der Waals surface area (Å²) in [5.41, 5.74) is 1.20. The molecule has 3 rings (SSSR count). The molecule has 0 unspecified atom stereocenters. The van der Waals surface area contributed by atoms with Crippen LogP contribution in [0.25, 0.3) is 11.0 Å². The van der Waals surface area contributed by atoms with Gasteiger partial charge in [0.2, 0.25) is 5.91 Å². The van der Waals surface area contributed by atoms with Crippen LogP contribution in [0, 0.1) is 0 Å². The minimum absolute atomic E-state index is 0.0441. The van der Waals surface area contributed by atoms with Gasteiger partial charge in [0, 0.05) is 0 Å². The summed E-state index contributed by atoms with van der Waals surface area (Å²) in [5, 5.41) is 3.01. The first-order valence-corrected chi connectivity index (χ1v) is 5.66. The lowest BCUT2D eigenvalue weighted by Crippen LogP contribution is -2.32. The zero-order valence-electron chi connectivity index (χ0n) is 9.14. The molecule has 92 valence electrons. The van der Waals surface area contributed by atoms with E-state index in [0.717, 1.165) is 0 Å². The molecule has 0 radical (unpaired) electrons. The lowest BCUT2D eigenvalue weighted by molar-refractivity contribution is -0.116. The van der Waals surface area contributed by atoms with E-state index in [-0.39, 0.29) is 24.7 Å². The summed E-state index contributed by atoms with van der Waals surface area (Å²) < 4.78 is 2.65. The Morgan fingerprint density at radius 3 is 2.89 bits per heavy atom. The van der Waals surface area contributed by atoms with Gasteiger partial charge in [0.05, 0.1) is 28.3 Å². The Bertz CT molecular complexity index is 744. The third-order valence-electron chi connectivity index (χ3n) is 2.95. The van der Waals surface area contributed by atoms with Crippen molar-refractivity contribution >= 4 is 40.5 Å². The largest absolute Gasteiger partial charge is 0.330 e. The fourth-order valence-electron chi connectivity index (χ4n) is 2.23. The van der Waals surface area contributed by atoms with Crippen molar-refractivity contribution in [2.45, 2.75) is 13.1 Å². The van der Waals surface area contributed by atoms with Crippen molar-refractivity contribution in [2.75, 3.05) is 5.32 Å². The van der Waals surface area contributed by atoms with E-state index < -0.39 is 0 Å². The highest BCUT2D eigenvalue weighted by Gasteiger charge is 2.24. The molecule has 1 aromatic heterocycles. The Hall–Kier alpha value is -2.08.